The Hall–Kier alpha value is -1.33. The molecule has 1 aromatic rings. The molecule has 1 heterocycles. The maximum Gasteiger partial charge on any atom is 0.330 e. The highest BCUT2D eigenvalue weighted by molar-refractivity contribution is 5.76. The van der Waals surface area contributed by atoms with E-state index >= 15 is 0 Å². The van der Waals surface area contributed by atoms with Crippen LogP contribution in [-0.4, -0.2) is 18.2 Å². The van der Waals surface area contributed by atoms with E-state index in [9.17, 15) is 4.79 Å². The van der Waals surface area contributed by atoms with Crippen molar-refractivity contribution in [2.24, 2.45) is 5.73 Å². The summed E-state index contributed by atoms with van der Waals surface area (Å²) in [5, 5.41) is 8.68. The molecule has 72 valence electrons. The van der Waals surface area contributed by atoms with Crippen molar-refractivity contribution in [3.05, 3.63) is 23.7 Å². The third-order valence-electron chi connectivity index (χ3n) is 1.60. The highest BCUT2D eigenvalue weighted by Crippen LogP contribution is 2.15. The molecule has 0 fully saturated rings. The first-order valence-corrected chi connectivity index (χ1v) is 3.72. The molecular weight excluding hydrogens is 174 g/mol. The predicted molar refractivity (Wildman–Crippen MR) is 43.6 cm³/mol. The molecule has 0 radical (unpaired) electrons. The van der Waals surface area contributed by atoms with Gasteiger partial charge in [-0.3, -0.25) is 0 Å². The Balaban J connectivity index is 2.76. The molecule has 13 heavy (non-hydrogen) atoms. The maximum absolute atomic E-state index is 10.9. The standard InChI is InChI=1S/C8H11NO4/c1-12-8(11)7(9)6-3-2-5(4-10)13-6/h2-3,7,10H,4,9H2,1H3/t7-/m0/s1. The third-order valence-corrected chi connectivity index (χ3v) is 1.60. The Morgan fingerprint density at radius 3 is 2.92 bits per heavy atom. The minimum atomic E-state index is -0.926. The van der Waals surface area contributed by atoms with E-state index in [4.69, 9.17) is 15.3 Å². The fraction of sp³-hybridized carbons (Fsp3) is 0.375. The number of methoxy groups -OCH3 is 1. The Bertz CT molecular complexity index is 294. The van der Waals surface area contributed by atoms with E-state index < -0.39 is 12.0 Å². The van der Waals surface area contributed by atoms with Gasteiger partial charge >= 0.3 is 5.97 Å². The summed E-state index contributed by atoms with van der Waals surface area (Å²) < 4.78 is 9.46. The summed E-state index contributed by atoms with van der Waals surface area (Å²) >= 11 is 0. The summed E-state index contributed by atoms with van der Waals surface area (Å²) in [4.78, 5) is 10.9. The first kappa shape index (κ1) is 9.76. The predicted octanol–water partition coefficient (Wildman–Crippen LogP) is -0.0553. The number of ether oxygens (including phenoxy) is 1. The number of hydrogen-bond donors (Lipinski definition) is 2. The normalized spacial score (nSPS) is 12.5. The fourth-order valence-corrected chi connectivity index (χ4v) is 0.890. The molecule has 1 aromatic heterocycles. The SMILES string of the molecule is COC(=O)[C@@H](N)c1ccc(CO)o1. The maximum atomic E-state index is 10.9. The Morgan fingerprint density at radius 2 is 2.46 bits per heavy atom. The molecule has 3 N–H and O–H groups in total. The first-order valence-electron chi connectivity index (χ1n) is 3.72. The molecule has 0 amide bonds. The van der Waals surface area contributed by atoms with Crippen LogP contribution in [0.1, 0.15) is 17.6 Å². The van der Waals surface area contributed by atoms with E-state index in [1.807, 2.05) is 0 Å². The minimum absolute atomic E-state index is 0.214. The van der Waals surface area contributed by atoms with Crippen LogP contribution in [0.4, 0.5) is 0 Å². The average molecular weight is 185 g/mol. The van der Waals surface area contributed by atoms with Crippen molar-refractivity contribution in [1.82, 2.24) is 0 Å². The fourth-order valence-electron chi connectivity index (χ4n) is 0.890. The lowest BCUT2D eigenvalue weighted by Crippen LogP contribution is -2.21. The number of aliphatic hydroxyl groups excluding tert-OH is 1. The van der Waals surface area contributed by atoms with Crippen LogP contribution in [0.15, 0.2) is 16.5 Å². The second-order valence-corrected chi connectivity index (χ2v) is 2.46. The van der Waals surface area contributed by atoms with Gasteiger partial charge in [-0.15, -0.1) is 0 Å². The van der Waals surface area contributed by atoms with Crippen molar-refractivity contribution >= 4 is 5.97 Å². The van der Waals surface area contributed by atoms with Crippen LogP contribution in [0.25, 0.3) is 0 Å². The van der Waals surface area contributed by atoms with Gasteiger partial charge in [0, 0.05) is 0 Å². The quantitative estimate of drug-likeness (QED) is 0.644. The van der Waals surface area contributed by atoms with E-state index in [0.717, 1.165) is 0 Å². The monoisotopic (exact) mass is 185 g/mol. The van der Waals surface area contributed by atoms with E-state index in [1.54, 1.807) is 6.07 Å². The molecule has 0 aliphatic heterocycles. The highest BCUT2D eigenvalue weighted by atomic mass is 16.5. The van der Waals surface area contributed by atoms with Gasteiger partial charge in [-0.1, -0.05) is 0 Å². The largest absolute Gasteiger partial charge is 0.468 e. The Kier molecular flexibility index (Phi) is 3.05. The van der Waals surface area contributed by atoms with Gasteiger partial charge in [0.1, 0.15) is 18.1 Å². The van der Waals surface area contributed by atoms with Crippen LogP contribution in [0, 0.1) is 0 Å². The molecule has 0 spiro atoms. The van der Waals surface area contributed by atoms with Crippen molar-refractivity contribution in [2.75, 3.05) is 7.11 Å². The number of hydrogen-bond acceptors (Lipinski definition) is 5. The molecule has 0 aliphatic carbocycles. The van der Waals surface area contributed by atoms with E-state index in [2.05, 4.69) is 4.74 Å². The minimum Gasteiger partial charge on any atom is -0.468 e. The van der Waals surface area contributed by atoms with Gasteiger partial charge in [0.25, 0.3) is 0 Å². The number of carbonyl (C=O) groups is 1. The Morgan fingerprint density at radius 1 is 1.77 bits per heavy atom. The van der Waals surface area contributed by atoms with Crippen LogP contribution in [-0.2, 0) is 16.1 Å². The van der Waals surface area contributed by atoms with Crippen LogP contribution in [0.2, 0.25) is 0 Å². The molecule has 5 nitrogen and oxygen atoms in total. The van der Waals surface area contributed by atoms with Crippen molar-refractivity contribution in [2.45, 2.75) is 12.6 Å². The van der Waals surface area contributed by atoms with Crippen LogP contribution >= 0.6 is 0 Å². The van der Waals surface area contributed by atoms with Gasteiger partial charge < -0.3 is 20.0 Å². The first-order chi connectivity index (χ1) is 6.19. The summed E-state index contributed by atoms with van der Waals surface area (Å²) in [6, 6.07) is 2.16. The molecule has 0 saturated carbocycles. The second-order valence-electron chi connectivity index (χ2n) is 2.46. The number of aliphatic hydroxyl groups is 1. The number of rotatable bonds is 3. The van der Waals surface area contributed by atoms with Gasteiger partial charge in [-0.25, -0.2) is 4.79 Å². The van der Waals surface area contributed by atoms with Crippen molar-refractivity contribution < 1.29 is 19.1 Å². The van der Waals surface area contributed by atoms with Crippen molar-refractivity contribution in [1.29, 1.82) is 0 Å². The van der Waals surface area contributed by atoms with Gasteiger partial charge in [-0.2, -0.15) is 0 Å². The number of carbonyl (C=O) groups excluding carboxylic acids is 1. The molecule has 0 unspecified atom stereocenters. The topological polar surface area (TPSA) is 85.7 Å². The van der Waals surface area contributed by atoms with Gasteiger partial charge in [0.15, 0.2) is 6.04 Å². The molecule has 1 atom stereocenters. The zero-order valence-electron chi connectivity index (χ0n) is 7.19. The summed E-state index contributed by atoms with van der Waals surface area (Å²) in [5.41, 5.74) is 5.47. The molecule has 5 heteroatoms. The molecule has 0 aliphatic rings. The average Bonchev–Trinajstić information content (AvgIpc) is 2.63. The van der Waals surface area contributed by atoms with Crippen molar-refractivity contribution in [3.63, 3.8) is 0 Å². The van der Waals surface area contributed by atoms with Gasteiger partial charge in [0.05, 0.1) is 7.11 Å². The molecular formula is C8H11NO4. The zero-order chi connectivity index (χ0) is 9.84. The number of esters is 1. The van der Waals surface area contributed by atoms with Crippen molar-refractivity contribution in [3.8, 4) is 0 Å². The van der Waals surface area contributed by atoms with Crippen LogP contribution in [0.3, 0.4) is 0 Å². The highest BCUT2D eigenvalue weighted by Gasteiger charge is 2.19. The third kappa shape index (κ3) is 2.07. The summed E-state index contributed by atoms with van der Waals surface area (Å²) in [6.07, 6.45) is 0. The lowest BCUT2D eigenvalue weighted by Gasteiger charge is -2.04. The molecule has 0 aromatic carbocycles. The molecule has 1 rings (SSSR count). The lowest BCUT2D eigenvalue weighted by molar-refractivity contribution is -0.142. The van der Waals surface area contributed by atoms with E-state index in [1.165, 1.54) is 13.2 Å². The van der Waals surface area contributed by atoms with Crippen LogP contribution < -0.4 is 5.73 Å². The van der Waals surface area contributed by atoms with Gasteiger partial charge in [-0.05, 0) is 12.1 Å². The smallest absolute Gasteiger partial charge is 0.330 e. The van der Waals surface area contributed by atoms with E-state index in [-0.39, 0.29) is 12.4 Å². The number of furan rings is 1. The summed E-state index contributed by atoms with van der Waals surface area (Å²) in [6.45, 7) is -0.214. The molecule has 0 bridgehead atoms. The van der Waals surface area contributed by atoms with Gasteiger partial charge in [0.2, 0.25) is 0 Å². The lowest BCUT2D eigenvalue weighted by atomic mass is 10.2. The second kappa shape index (κ2) is 4.06. The Labute approximate surface area is 75.1 Å². The van der Waals surface area contributed by atoms with E-state index in [0.29, 0.717) is 5.76 Å². The summed E-state index contributed by atoms with van der Waals surface area (Å²) in [5.74, 6) is 0.0871. The summed E-state index contributed by atoms with van der Waals surface area (Å²) in [7, 11) is 1.25. The molecule has 0 saturated heterocycles. The zero-order valence-corrected chi connectivity index (χ0v) is 7.19. The number of nitrogens with two attached hydrogens (primary N) is 1. The van der Waals surface area contributed by atoms with Crippen LogP contribution in [0.5, 0.6) is 0 Å².